The molecule has 98 valence electrons. The molecule has 0 amide bonds. The second-order valence-electron chi connectivity index (χ2n) is 4.87. The van der Waals surface area contributed by atoms with Crippen LogP contribution < -0.4 is 5.32 Å². The molecule has 3 heteroatoms. The number of benzene rings is 2. The highest BCUT2D eigenvalue weighted by molar-refractivity contribution is 6.30. The number of rotatable bonds is 2. The first-order chi connectivity index (χ1) is 9.24. The van der Waals surface area contributed by atoms with Gasteiger partial charge in [0.05, 0.1) is 19.3 Å². The third-order valence-corrected chi connectivity index (χ3v) is 3.74. The van der Waals surface area contributed by atoms with Crippen molar-refractivity contribution in [1.82, 2.24) is 0 Å². The van der Waals surface area contributed by atoms with Crippen LogP contribution in [0.2, 0.25) is 5.02 Å². The molecule has 19 heavy (non-hydrogen) atoms. The molecule has 1 heterocycles. The molecule has 3 rings (SSSR count). The first kappa shape index (κ1) is 12.5. The predicted molar refractivity (Wildman–Crippen MR) is 78.7 cm³/mol. The standard InChI is InChI=1S/C16H16ClNO/c1-11-6-7-13(17)8-15(11)18-16-10-19-9-12-4-2-3-5-14(12)16/h2-8,16,18H,9-10H2,1H3. The van der Waals surface area contributed by atoms with E-state index in [9.17, 15) is 0 Å². The number of nitrogens with one attached hydrogen (secondary N) is 1. The van der Waals surface area contributed by atoms with Gasteiger partial charge in [0, 0.05) is 10.7 Å². The highest BCUT2D eigenvalue weighted by Gasteiger charge is 2.20. The Morgan fingerprint density at radius 3 is 2.95 bits per heavy atom. The SMILES string of the molecule is Cc1ccc(Cl)cc1NC1COCc2ccccc21. The summed E-state index contributed by atoms with van der Waals surface area (Å²) in [6, 6.07) is 14.5. The van der Waals surface area contributed by atoms with Crippen molar-refractivity contribution in [3.05, 3.63) is 64.2 Å². The minimum Gasteiger partial charge on any atom is -0.376 e. The number of anilines is 1. The zero-order chi connectivity index (χ0) is 13.2. The van der Waals surface area contributed by atoms with E-state index in [1.165, 1.54) is 16.7 Å². The molecule has 1 aliphatic heterocycles. The molecular weight excluding hydrogens is 258 g/mol. The van der Waals surface area contributed by atoms with E-state index < -0.39 is 0 Å². The van der Waals surface area contributed by atoms with Gasteiger partial charge in [-0.3, -0.25) is 0 Å². The maximum atomic E-state index is 6.06. The average molecular weight is 274 g/mol. The van der Waals surface area contributed by atoms with Gasteiger partial charge in [-0.1, -0.05) is 41.9 Å². The first-order valence-corrected chi connectivity index (χ1v) is 6.80. The Bertz CT molecular complexity index is 597. The maximum Gasteiger partial charge on any atom is 0.0751 e. The van der Waals surface area contributed by atoms with Gasteiger partial charge in [0.15, 0.2) is 0 Å². The molecule has 2 aromatic rings. The molecule has 2 nitrogen and oxygen atoms in total. The third kappa shape index (κ3) is 2.60. The topological polar surface area (TPSA) is 21.3 Å². The summed E-state index contributed by atoms with van der Waals surface area (Å²) < 4.78 is 5.66. The van der Waals surface area contributed by atoms with Crippen molar-refractivity contribution in [2.75, 3.05) is 11.9 Å². The lowest BCUT2D eigenvalue weighted by Gasteiger charge is -2.28. The number of fused-ring (bicyclic) bond motifs is 1. The van der Waals surface area contributed by atoms with Crippen molar-refractivity contribution in [2.24, 2.45) is 0 Å². The smallest absolute Gasteiger partial charge is 0.0751 e. The number of ether oxygens (including phenoxy) is 1. The Morgan fingerprint density at radius 2 is 2.05 bits per heavy atom. The van der Waals surface area contributed by atoms with Crippen molar-refractivity contribution < 1.29 is 4.74 Å². The van der Waals surface area contributed by atoms with Crippen LogP contribution in [0.4, 0.5) is 5.69 Å². The fourth-order valence-corrected chi connectivity index (χ4v) is 2.61. The summed E-state index contributed by atoms with van der Waals surface area (Å²) in [6.45, 7) is 3.46. The lowest BCUT2D eigenvalue weighted by molar-refractivity contribution is 0.0970. The third-order valence-electron chi connectivity index (χ3n) is 3.50. The van der Waals surface area contributed by atoms with E-state index in [-0.39, 0.29) is 6.04 Å². The number of aryl methyl sites for hydroxylation is 1. The molecule has 1 aliphatic rings. The molecule has 1 atom stereocenters. The average Bonchev–Trinajstić information content (AvgIpc) is 2.43. The van der Waals surface area contributed by atoms with Crippen molar-refractivity contribution in [3.8, 4) is 0 Å². The van der Waals surface area contributed by atoms with Crippen LogP contribution in [0.25, 0.3) is 0 Å². The van der Waals surface area contributed by atoms with Crippen molar-refractivity contribution in [2.45, 2.75) is 19.6 Å². The Balaban J connectivity index is 1.90. The van der Waals surface area contributed by atoms with Gasteiger partial charge in [0.25, 0.3) is 0 Å². The lowest BCUT2D eigenvalue weighted by Crippen LogP contribution is -2.23. The number of hydrogen-bond donors (Lipinski definition) is 1. The van der Waals surface area contributed by atoms with Crippen LogP contribution in [0.5, 0.6) is 0 Å². The molecular formula is C16H16ClNO. The van der Waals surface area contributed by atoms with Crippen molar-refractivity contribution >= 4 is 17.3 Å². The molecule has 0 spiro atoms. The summed E-state index contributed by atoms with van der Waals surface area (Å²) in [5.74, 6) is 0. The zero-order valence-electron chi connectivity index (χ0n) is 10.8. The zero-order valence-corrected chi connectivity index (χ0v) is 11.6. The Morgan fingerprint density at radius 1 is 1.21 bits per heavy atom. The summed E-state index contributed by atoms with van der Waals surface area (Å²) in [4.78, 5) is 0. The maximum absolute atomic E-state index is 6.06. The molecule has 0 aromatic heterocycles. The molecule has 1 unspecified atom stereocenters. The molecule has 1 N–H and O–H groups in total. The fourth-order valence-electron chi connectivity index (χ4n) is 2.44. The summed E-state index contributed by atoms with van der Waals surface area (Å²) >= 11 is 6.06. The summed E-state index contributed by atoms with van der Waals surface area (Å²) in [5.41, 5.74) is 4.82. The molecule has 0 radical (unpaired) electrons. The summed E-state index contributed by atoms with van der Waals surface area (Å²) in [6.07, 6.45) is 0. The quantitative estimate of drug-likeness (QED) is 0.879. The largest absolute Gasteiger partial charge is 0.376 e. The van der Waals surface area contributed by atoms with Crippen LogP contribution in [0, 0.1) is 6.92 Å². The monoisotopic (exact) mass is 273 g/mol. The Kier molecular flexibility index (Phi) is 3.45. The fraction of sp³-hybridized carbons (Fsp3) is 0.250. The minimum atomic E-state index is 0.183. The van der Waals surface area contributed by atoms with E-state index in [4.69, 9.17) is 16.3 Å². The van der Waals surface area contributed by atoms with Crippen LogP contribution in [0.1, 0.15) is 22.7 Å². The van der Waals surface area contributed by atoms with Gasteiger partial charge in [-0.25, -0.2) is 0 Å². The van der Waals surface area contributed by atoms with Gasteiger partial charge >= 0.3 is 0 Å². The second-order valence-corrected chi connectivity index (χ2v) is 5.31. The highest BCUT2D eigenvalue weighted by atomic mass is 35.5. The molecule has 0 aliphatic carbocycles. The predicted octanol–water partition coefficient (Wildman–Crippen LogP) is 4.33. The highest BCUT2D eigenvalue weighted by Crippen LogP contribution is 2.30. The van der Waals surface area contributed by atoms with Crippen molar-refractivity contribution in [1.29, 1.82) is 0 Å². The van der Waals surface area contributed by atoms with Crippen LogP contribution in [0.3, 0.4) is 0 Å². The molecule has 0 saturated heterocycles. The van der Waals surface area contributed by atoms with Gasteiger partial charge < -0.3 is 10.1 Å². The van der Waals surface area contributed by atoms with E-state index in [0.29, 0.717) is 13.2 Å². The second kappa shape index (κ2) is 5.24. The molecule has 0 bridgehead atoms. The van der Waals surface area contributed by atoms with Gasteiger partial charge in [-0.15, -0.1) is 0 Å². The molecule has 0 fully saturated rings. The van der Waals surface area contributed by atoms with E-state index in [0.717, 1.165) is 10.7 Å². The Hall–Kier alpha value is -1.51. The van der Waals surface area contributed by atoms with Gasteiger partial charge in [0.2, 0.25) is 0 Å². The van der Waals surface area contributed by atoms with E-state index in [1.807, 2.05) is 18.2 Å². The summed E-state index contributed by atoms with van der Waals surface area (Å²) in [7, 11) is 0. The number of halogens is 1. The minimum absolute atomic E-state index is 0.183. The van der Waals surface area contributed by atoms with Crippen molar-refractivity contribution in [3.63, 3.8) is 0 Å². The molecule has 2 aromatic carbocycles. The van der Waals surface area contributed by atoms with Gasteiger partial charge in [-0.05, 0) is 35.7 Å². The van der Waals surface area contributed by atoms with Crippen LogP contribution in [0.15, 0.2) is 42.5 Å². The lowest BCUT2D eigenvalue weighted by atomic mass is 9.98. The van der Waals surface area contributed by atoms with Crippen LogP contribution in [-0.4, -0.2) is 6.61 Å². The van der Waals surface area contributed by atoms with E-state index >= 15 is 0 Å². The van der Waals surface area contributed by atoms with Gasteiger partial charge in [-0.2, -0.15) is 0 Å². The van der Waals surface area contributed by atoms with Gasteiger partial charge in [0.1, 0.15) is 0 Å². The first-order valence-electron chi connectivity index (χ1n) is 6.42. The summed E-state index contributed by atoms with van der Waals surface area (Å²) in [5, 5.41) is 4.28. The van der Waals surface area contributed by atoms with E-state index in [2.05, 4.69) is 36.5 Å². The number of hydrogen-bond acceptors (Lipinski definition) is 2. The molecule has 0 saturated carbocycles. The normalized spacial score (nSPS) is 17.9. The van der Waals surface area contributed by atoms with Crippen LogP contribution >= 0.6 is 11.6 Å². The van der Waals surface area contributed by atoms with E-state index in [1.54, 1.807) is 0 Å². The Labute approximate surface area is 118 Å². The van der Waals surface area contributed by atoms with Crippen LogP contribution in [-0.2, 0) is 11.3 Å².